The normalized spacial score (nSPS) is 10.3. The number of nitriles is 1. The number of nitrogens with zero attached hydrogens (tertiary/aromatic N) is 2. The van der Waals surface area contributed by atoms with E-state index >= 15 is 0 Å². The van der Waals surface area contributed by atoms with Crippen LogP contribution >= 0.6 is 0 Å². The fourth-order valence-corrected chi connectivity index (χ4v) is 2.22. The molecule has 26 heavy (non-hydrogen) atoms. The predicted octanol–water partition coefficient (Wildman–Crippen LogP) is 2.09. The van der Waals surface area contributed by atoms with Gasteiger partial charge in [-0.2, -0.15) is 5.26 Å². The maximum absolute atomic E-state index is 12.2. The van der Waals surface area contributed by atoms with Crippen molar-refractivity contribution in [3.8, 4) is 11.8 Å². The minimum Gasteiger partial charge on any atom is -0.484 e. The van der Waals surface area contributed by atoms with E-state index < -0.39 is 5.91 Å². The van der Waals surface area contributed by atoms with E-state index in [9.17, 15) is 9.59 Å². The molecule has 0 radical (unpaired) electrons. The maximum Gasteiger partial charge on any atom is 0.255 e. The SMILES string of the molecule is CN(Cc1cccc(C#N)c1)C(=O)/C=C\c1ccc(OCC(N)=O)cc1. The summed E-state index contributed by atoms with van der Waals surface area (Å²) >= 11 is 0. The van der Waals surface area contributed by atoms with E-state index in [1.54, 1.807) is 60.5 Å². The summed E-state index contributed by atoms with van der Waals surface area (Å²) in [6.07, 6.45) is 3.18. The first-order valence-electron chi connectivity index (χ1n) is 7.91. The maximum atomic E-state index is 12.2. The number of carbonyl (C=O) groups is 2. The van der Waals surface area contributed by atoms with E-state index in [0.29, 0.717) is 17.9 Å². The van der Waals surface area contributed by atoms with Crippen molar-refractivity contribution in [1.82, 2.24) is 4.90 Å². The van der Waals surface area contributed by atoms with Crippen molar-refractivity contribution in [3.63, 3.8) is 0 Å². The standard InChI is InChI=1S/C20H19N3O3/c1-23(13-17-4-2-3-16(11-17)12-21)20(25)10-7-15-5-8-18(9-6-15)26-14-19(22)24/h2-11H,13-14H2,1H3,(H2,22,24)/b10-7-. The van der Waals surface area contributed by atoms with Gasteiger partial charge < -0.3 is 15.4 Å². The third-order valence-corrected chi connectivity index (χ3v) is 3.53. The van der Waals surface area contributed by atoms with Gasteiger partial charge >= 0.3 is 0 Å². The highest BCUT2D eigenvalue weighted by Crippen LogP contribution is 2.13. The van der Waals surface area contributed by atoms with Gasteiger partial charge in [-0.15, -0.1) is 0 Å². The van der Waals surface area contributed by atoms with Crippen molar-refractivity contribution < 1.29 is 14.3 Å². The minimum atomic E-state index is -0.539. The van der Waals surface area contributed by atoms with Crippen molar-refractivity contribution in [2.45, 2.75) is 6.54 Å². The lowest BCUT2D eigenvalue weighted by Crippen LogP contribution is -2.24. The molecular weight excluding hydrogens is 330 g/mol. The number of hydrogen-bond acceptors (Lipinski definition) is 4. The van der Waals surface area contributed by atoms with Gasteiger partial charge in [-0.25, -0.2) is 0 Å². The van der Waals surface area contributed by atoms with Crippen LogP contribution in [0, 0.1) is 11.3 Å². The largest absolute Gasteiger partial charge is 0.484 e. The zero-order valence-corrected chi connectivity index (χ0v) is 14.4. The van der Waals surface area contributed by atoms with Crippen molar-refractivity contribution in [3.05, 3.63) is 71.3 Å². The van der Waals surface area contributed by atoms with Crippen LogP contribution in [0.5, 0.6) is 5.75 Å². The Labute approximate surface area is 152 Å². The monoisotopic (exact) mass is 349 g/mol. The summed E-state index contributed by atoms with van der Waals surface area (Å²) < 4.78 is 5.17. The lowest BCUT2D eigenvalue weighted by molar-refractivity contribution is -0.125. The molecule has 0 atom stereocenters. The number of amides is 2. The Morgan fingerprint density at radius 1 is 1.23 bits per heavy atom. The van der Waals surface area contributed by atoms with Crippen molar-refractivity contribution in [2.75, 3.05) is 13.7 Å². The molecule has 6 heteroatoms. The quantitative estimate of drug-likeness (QED) is 0.774. The Morgan fingerprint density at radius 3 is 2.62 bits per heavy atom. The van der Waals surface area contributed by atoms with Gasteiger partial charge in [0.15, 0.2) is 6.61 Å². The molecule has 2 N–H and O–H groups in total. The average molecular weight is 349 g/mol. The molecule has 0 saturated heterocycles. The van der Waals surface area contributed by atoms with E-state index in [0.717, 1.165) is 11.1 Å². The molecule has 0 spiro atoms. The van der Waals surface area contributed by atoms with E-state index in [2.05, 4.69) is 6.07 Å². The summed E-state index contributed by atoms with van der Waals surface area (Å²) in [5.41, 5.74) is 7.30. The van der Waals surface area contributed by atoms with Crippen LogP contribution in [0.2, 0.25) is 0 Å². The van der Waals surface area contributed by atoms with Crippen molar-refractivity contribution >= 4 is 17.9 Å². The Hall–Kier alpha value is -3.59. The number of carbonyl (C=O) groups excluding carboxylic acids is 2. The van der Waals surface area contributed by atoms with Gasteiger partial charge in [0.2, 0.25) is 5.91 Å². The highest BCUT2D eigenvalue weighted by atomic mass is 16.5. The topological polar surface area (TPSA) is 96.4 Å². The molecular formula is C20H19N3O3. The van der Waals surface area contributed by atoms with Gasteiger partial charge in [0.05, 0.1) is 11.6 Å². The minimum absolute atomic E-state index is 0.151. The van der Waals surface area contributed by atoms with E-state index in [1.807, 2.05) is 6.07 Å². The van der Waals surface area contributed by atoms with Crippen LogP contribution in [0.1, 0.15) is 16.7 Å². The first kappa shape index (κ1) is 18.7. The van der Waals surface area contributed by atoms with Crippen LogP contribution in [0.3, 0.4) is 0 Å². The summed E-state index contributed by atoms with van der Waals surface area (Å²) in [5, 5.41) is 8.92. The average Bonchev–Trinajstić information content (AvgIpc) is 2.65. The Morgan fingerprint density at radius 2 is 1.96 bits per heavy atom. The van der Waals surface area contributed by atoms with Crippen LogP contribution in [-0.2, 0) is 16.1 Å². The second-order valence-electron chi connectivity index (χ2n) is 5.66. The molecule has 2 aromatic carbocycles. The van der Waals surface area contributed by atoms with Gasteiger partial charge in [0.25, 0.3) is 5.91 Å². The molecule has 0 aliphatic heterocycles. The third-order valence-electron chi connectivity index (χ3n) is 3.53. The van der Waals surface area contributed by atoms with Crippen LogP contribution in [0.4, 0.5) is 0 Å². The summed E-state index contributed by atoms with van der Waals surface area (Å²) in [5.74, 6) is -0.161. The fourth-order valence-electron chi connectivity index (χ4n) is 2.22. The van der Waals surface area contributed by atoms with E-state index in [-0.39, 0.29) is 12.5 Å². The van der Waals surface area contributed by atoms with Gasteiger partial charge in [0, 0.05) is 19.7 Å². The highest BCUT2D eigenvalue weighted by Gasteiger charge is 2.06. The Bertz CT molecular complexity index is 851. The molecule has 0 saturated carbocycles. The van der Waals surface area contributed by atoms with E-state index in [1.165, 1.54) is 6.08 Å². The second kappa shape index (κ2) is 9.04. The number of benzene rings is 2. The highest BCUT2D eigenvalue weighted by molar-refractivity contribution is 5.91. The molecule has 132 valence electrons. The predicted molar refractivity (Wildman–Crippen MR) is 97.8 cm³/mol. The molecule has 2 amide bonds. The number of likely N-dealkylation sites (N-methyl/N-ethyl adjacent to an activating group) is 1. The van der Waals surface area contributed by atoms with Crippen molar-refractivity contribution in [2.24, 2.45) is 5.73 Å². The second-order valence-corrected chi connectivity index (χ2v) is 5.66. The molecule has 0 aliphatic carbocycles. The number of nitrogens with two attached hydrogens (primary N) is 1. The molecule has 2 aromatic rings. The molecule has 6 nitrogen and oxygen atoms in total. The number of primary amides is 1. The van der Waals surface area contributed by atoms with Crippen molar-refractivity contribution in [1.29, 1.82) is 5.26 Å². The number of hydrogen-bond donors (Lipinski definition) is 1. The fraction of sp³-hybridized carbons (Fsp3) is 0.150. The molecule has 0 unspecified atom stereocenters. The van der Waals surface area contributed by atoms with Crippen LogP contribution in [-0.4, -0.2) is 30.4 Å². The summed E-state index contributed by atoms with van der Waals surface area (Å²) in [6.45, 7) is 0.240. The van der Waals surface area contributed by atoms with Crippen LogP contribution < -0.4 is 10.5 Å². The molecule has 0 fully saturated rings. The first-order chi connectivity index (χ1) is 12.5. The smallest absolute Gasteiger partial charge is 0.255 e. The summed E-state index contributed by atoms with van der Waals surface area (Å²) in [7, 11) is 1.70. The molecule has 0 bridgehead atoms. The van der Waals surface area contributed by atoms with Crippen LogP contribution in [0.15, 0.2) is 54.6 Å². The van der Waals surface area contributed by atoms with Crippen LogP contribution in [0.25, 0.3) is 6.08 Å². The lowest BCUT2D eigenvalue weighted by atomic mass is 10.1. The first-order valence-corrected chi connectivity index (χ1v) is 7.91. The summed E-state index contributed by atoms with van der Waals surface area (Å²) in [6, 6.07) is 16.2. The third kappa shape index (κ3) is 5.80. The molecule has 0 heterocycles. The lowest BCUT2D eigenvalue weighted by Gasteiger charge is -2.15. The van der Waals surface area contributed by atoms with E-state index in [4.69, 9.17) is 15.7 Å². The van der Waals surface area contributed by atoms with Gasteiger partial charge in [-0.1, -0.05) is 24.3 Å². The number of ether oxygens (including phenoxy) is 1. The van der Waals surface area contributed by atoms with Gasteiger partial charge in [-0.05, 0) is 41.5 Å². The Kier molecular flexibility index (Phi) is 6.52. The molecule has 0 aromatic heterocycles. The van der Waals surface area contributed by atoms with Gasteiger partial charge in [0.1, 0.15) is 5.75 Å². The zero-order valence-electron chi connectivity index (χ0n) is 14.4. The molecule has 0 aliphatic rings. The zero-order chi connectivity index (χ0) is 18.9. The number of rotatable bonds is 7. The Balaban J connectivity index is 1.93. The summed E-state index contributed by atoms with van der Waals surface area (Å²) in [4.78, 5) is 24.5. The molecule has 2 rings (SSSR count). The van der Waals surface area contributed by atoms with Gasteiger partial charge in [-0.3, -0.25) is 9.59 Å².